The first-order valence-corrected chi connectivity index (χ1v) is 9.07. The molecule has 0 spiro atoms. The fourth-order valence-electron chi connectivity index (χ4n) is 2.56. The minimum absolute atomic E-state index is 0.266. The van der Waals surface area contributed by atoms with Gasteiger partial charge in [-0.2, -0.15) is 0 Å². The van der Waals surface area contributed by atoms with Gasteiger partial charge in [0.1, 0.15) is 0 Å². The van der Waals surface area contributed by atoms with Crippen LogP contribution in [0.2, 0.25) is 0 Å². The Morgan fingerprint density at radius 1 is 1.15 bits per heavy atom. The molecule has 0 atom stereocenters. The highest BCUT2D eigenvalue weighted by molar-refractivity contribution is 9.10. The Labute approximate surface area is 165 Å². The van der Waals surface area contributed by atoms with E-state index in [4.69, 9.17) is 9.47 Å². The molecule has 1 aromatic heterocycles. The Bertz CT molecular complexity index is 942. The molecule has 1 amide bonds. The number of benzene rings is 2. The Morgan fingerprint density at radius 3 is 2.70 bits per heavy atom. The van der Waals surface area contributed by atoms with Gasteiger partial charge in [-0.15, -0.1) is 5.10 Å². The number of ether oxygens (including phenoxy) is 2. The van der Waals surface area contributed by atoms with Crippen LogP contribution >= 0.6 is 15.9 Å². The van der Waals surface area contributed by atoms with Crippen molar-refractivity contribution in [2.24, 2.45) is 0 Å². The lowest BCUT2D eigenvalue weighted by Gasteiger charge is -2.09. The van der Waals surface area contributed by atoms with Crippen LogP contribution in [0.1, 0.15) is 16.1 Å². The zero-order chi connectivity index (χ0) is 19.2. The van der Waals surface area contributed by atoms with Gasteiger partial charge in [-0.3, -0.25) is 4.79 Å². The van der Waals surface area contributed by atoms with E-state index in [1.165, 1.54) is 0 Å². The van der Waals surface area contributed by atoms with Crippen LogP contribution in [-0.2, 0) is 6.42 Å². The molecule has 0 bridgehead atoms. The van der Waals surface area contributed by atoms with Gasteiger partial charge in [0.25, 0.3) is 5.91 Å². The summed E-state index contributed by atoms with van der Waals surface area (Å²) in [7, 11) is 3.19. The van der Waals surface area contributed by atoms with Gasteiger partial charge in [0, 0.05) is 11.0 Å². The van der Waals surface area contributed by atoms with E-state index in [0.717, 1.165) is 15.7 Å². The minimum atomic E-state index is -0.267. The van der Waals surface area contributed by atoms with Crippen LogP contribution in [0.3, 0.4) is 0 Å². The summed E-state index contributed by atoms with van der Waals surface area (Å²) in [5.74, 6) is 1.07. The summed E-state index contributed by atoms with van der Waals surface area (Å²) in [6.07, 6.45) is 2.26. The minimum Gasteiger partial charge on any atom is -0.493 e. The molecule has 0 aliphatic carbocycles. The Hall–Kier alpha value is -2.87. The zero-order valence-corrected chi connectivity index (χ0v) is 16.6. The van der Waals surface area contributed by atoms with Crippen molar-refractivity contribution in [3.8, 4) is 17.2 Å². The van der Waals surface area contributed by atoms with Gasteiger partial charge in [-0.05, 0) is 42.3 Å². The summed E-state index contributed by atoms with van der Waals surface area (Å²) in [5.41, 5.74) is 2.12. The third-order valence-electron chi connectivity index (χ3n) is 3.95. The number of aromatic nitrogens is 3. The number of nitrogens with one attached hydrogen (secondary N) is 1. The van der Waals surface area contributed by atoms with Gasteiger partial charge in [-0.1, -0.05) is 33.3 Å². The van der Waals surface area contributed by atoms with Gasteiger partial charge >= 0.3 is 0 Å². The molecule has 0 aliphatic heterocycles. The molecule has 1 N–H and O–H groups in total. The maximum atomic E-state index is 12.3. The number of hydrogen-bond donors (Lipinski definition) is 1. The number of nitrogens with zero attached hydrogens (tertiary/aromatic N) is 3. The van der Waals surface area contributed by atoms with Crippen LogP contribution in [0.15, 0.2) is 53.1 Å². The fraction of sp³-hybridized carbons (Fsp3) is 0.211. The molecule has 0 fully saturated rings. The number of carbonyl (C=O) groups excluding carboxylic acids is 1. The molecular weight excluding hydrogens is 412 g/mol. The van der Waals surface area contributed by atoms with E-state index in [-0.39, 0.29) is 11.6 Å². The van der Waals surface area contributed by atoms with E-state index in [1.807, 2.05) is 42.5 Å². The first-order chi connectivity index (χ1) is 13.1. The monoisotopic (exact) mass is 430 g/mol. The summed E-state index contributed by atoms with van der Waals surface area (Å²) in [6.45, 7) is 0.470. The second kappa shape index (κ2) is 8.68. The molecule has 0 saturated carbocycles. The summed E-state index contributed by atoms with van der Waals surface area (Å²) in [4.78, 5) is 12.3. The quantitative estimate of drug-likeness (QED) is 0.623. The van der Waals surface area contributed by atoms with Gasteiger partial charge in [-0.25, -0.2) is 4.68 Å². The molecule has 27 heavy (non-hydrogen) atoms. The van der Waals surface area contributed by atoms with Crippen molar-refractivity contribution < 1.29 is 14.3 Å². The third-order valence-corrected chi connectivity index (χ3v) is 4.44. The standard InChI is InChI=1S/C19H19BrN4O3/c1-26-17-7-6-13(10-18(17)27-2)8-9-21-19(25)16-12-24(23-22-16)15-5-3-4-14(20)11-15/h3-7,10-12H,8-9H2,1-2H3,(H,21,25). The molecule has 0 aliphatic rings. The van der Waals surface area contributed by atoms with Crippen molar-refractivity contribution >= 4 is 21.8 Å². The van der Waals surface area contributed by atoms with Gasteiger partial charge in [0.05, 0.1) is 26.1 Å². The van der Waals surface area contributed by atoms with Gasteiger partial charge < -0.3 is 14.8 Å². The van der Waals surface area contributed by atoms with Crippen molar-refractivity contribution in [2.75, 3.05) is 20.8 Å². The molecule has 0 radical (unpaired) electrons. The first-order valence-electron chi connectivity index (χ1n) is 8.28. The van der Waals surface area contributed by atoms with Crippen LogP contribution in [-0.4, -0.2) is 41.7 Å². The maximum Gasteiger partial charge on any atom is 0.273 e. The van der Waals surface area contributed by atoms with E-state index in [2.05, 4.69) is 31.6 Å². The second-order valence-electron chi connectivity index (χ2n) is 5.72. The predicted octanol–water partition coefficient (Wildman–Crippen LogP) is 3.02. The Balaban J connectivity index is 1.59. The molecule has 8 heteroatoms. The smallest absolute Gasteiger partial charge is 0.273 e. The number of rotatable bonds is 7. The van der Waals surface area contributed by atoms with Crippen LogP contribution < -0.4 is 14.8 Å². The first kappa shape index (κ1) is 18.9. The number of amides is 1. The molecule has 2 aromatic carbocycles. The second-order valence-corrected chi connectivity index (χ2v) is 6.64. The maximum absolute atomic E-state index is 12.3. The summed E-state index contributed by atoms with van der Waals surface area (Å²) in [5, 5.41) is 10.8. The predicted molar refractivity (Wildman–Crippen MR) is 105 cm³/mol. The number of methoxy groups -OCH3 is 2. The number of carbonyl (C=O) groups is 1. The van der Waals surface area contributed by atoms with Crippen LogP contribution in [0.25, 0.3) is 5.69 Å². The summed E-state index contributed by atoms with van der Waals surface area (Å²) in [6, 6.07) is 13.3. The van der Waals surface area contributed by atoms with E-state index >= 15 is 0 Å². The lowest BCUT2D eigenvalue weighted by atomic mass is 10.1. The average Bonchev–Trinajstić information content (AvgIpc) is 3.18. The van der Waals surface area contributed by atoms with E-state index in [1.54, 1.807) is 25.1 Å². The largest absolute Gasteiger partial charge is 0.493 e. The number of hydrogen-bond acceptors (Lipinski definition) is 5. The van der Waals surface area contributed by atoms with Crippen molar-refractivity contribution in [3.05, 3.63) is 64.4 Å². The van der Waals surface area contributed by atoms with Crippen molar-refractivity contribution in [3.63, 3.8) is 0 Å². The molecule has 0 unspecified atom stereocenters. The van der Waals surface area contributed by atoms with Crippen LogP contribution in [0, 0.1) is 0 Å². The van der Waals surface area contributed by atoms with E-state index < -0.39 is 0 Å². The van der Waals surface area contributed by atoms with Crippen molar-refractivity contribution in [2.45, 2.75) is 6.42 Å². The normalized spacial score (nSPS) is 10.5. The molecule has 1 heterocycles. The summed E-state index contributed by atoms with van der Waals surface area (Å²) >= 11 is 3.41. The highest BCUT2D eigenvalue weighted by Crippen LogP contribution is 2.27. The van der Waals surface area contributed by atoms with Gasteiger partial charge in [0.15, 0.2) is 17.2 Å². The van der Waals surface area contributed by atoms with Crippen LogP contribution in [0.4, 0.5) is 0 Å². The topological polar surface area (TPSA) is 78.3 Å². The van der Waals surface area contributed by atoms with E-state index in [0.29, 0.717) is 24.5 Å². The summed E-state index contributed by atoms with van der Waals surface area (Å²) < 4.78 is 13.0. The lowest BCUT2D eigenvalue weighted by molar-refractivity contribution is 0.0949. The number of halogens is 1. The molecule has 7 nitrogen and oxygen atoms in total. The Kier molecular flexibility index (Phi) is 6.08. The van der Waals surface area contributed by atoms with Crippen LogP contribution in [0.5, 0.6) is 11.5 Å². The molecular formula is C19H19BrN4O3. The molecule has 0 saturated heterocycles. The third kappa shape index (κ3) is 4.65. The molecule has 3 rings (SSSR count). The van der Waals surface area contributed by atoms with Crippen molar-refractivity contribution in [1.82, 2.24) is 20.3 Å². The van der Waals surface area contributed by atoms with Gasteiger partial charge in [0.2, 0.25) is 0 Å². The Morgan fingerprint density at radius 2 is 1.96 bits per heavy atom. The molecule has 3 aromatic rings. The SMILES string of the molecule is COc1ccc(CCNC(=O)c2cn(-c3cccc(Br)c3)nn2)cc1OC. The zero-order valence-electron chi connectivity index (χ0n) is 15.0. The van der Waals surface area contributed by atoms with E-state index in [9.17, 15) is 4.79 Å². The fourth-order valence-corrected chi connectivity index (χ4v) is 2.95. The molecule has 140 valence electrons. The lowest BCUT2D eigenvalue weighted by Crippen LogP contribution is -2.26. The highest BCUT2D eigenvalue weighted by atomic mass is 79.9. The highest BCUT2D eigenvalue weighted by Gasteiger charge is 2.12. The average molecular weight is 431 g/mol. The van der Waals surface area contributed by atoms with Crippen molar-refractivity contribution in [1.29, 1.82) is 0 Å².